The summed E-state index contributed by atoms with van der Waals surface area (Å²) in [6, 6.07) is 10.2. The molecule has 3 atom stereocenters. The van der Waals surface area contributed by atoms with E-state index in [4.69, 9.17) is 5.11 Å². The van der Waals surface area contributed by atoms with Gasteiger partial charge in [0.2, 0.25) is 0 Å². The Morgan fingerprint density at radius 1 is 1.10 bits per heavy atom. The highest BCUT2D eigenvalue weighted by Crippen LogP contribution is 2.39. The first-order valence-electron chi connectivity index (χ1n) is 10.6. The van der Waals surface area contributed by atoms with E-state index in [0.29, 0.717) is 12.8 Å². The topological polar surface area (TPSA) is 74.6 Å². The number of unbranched alkanes of at least 4 members (excludes halogenated alkanes) is 3. The van der Waals surface area contributed by atoms with Crippen LogP contribution < -0.4 is 0 Å². The molecule has 4 nitrogen and oxygen atoms in total. The number of rotatable bonds is 11. The molecule has 2 aromatic rings. The van der Waals surface area contributed by atoms with Gasteiger partial charge in [-0.05, 0) is 62.1 Å². The third-order valence-corrected chi connectivity index (χ3v) is 7.20. The molecule has 2 N–H and O–H groups in total. The third kappa shape index (κ3) is 5.77. The summed E-state index contributed by atoms with van der Waals surface area (Å²) < 4.78 is 1.19. The third-order valence-electron chi connectivity index (χ3n) is 5.99. The summed E-state index contributed by atoms with van der Waals surface area (Å²) >= 11 is 1.64. The zero-order valence-corrected chi connectivity index (χ0v) is 17.8. The average Bonchev–Trinajstić information content (AvgIpc) is 3.23. The Bertz CT molecular complexity index is 849. The van der Waals surface area contributed by atoms with Crippen LogP contribution in [0.3, 0.4) is 0 Å². The van der Waals surface area contributed by atoms with Crippen molar-refractivity contribution in [2.45, 2.75) is 64.4 Å². The summed E-state index contributed by atoms with van der Waals surface area (Å²) in [7, 11) is 0. The highest BCUT2D eigenvalue weighted by Gasteiger charge is 2.33. The number of carboxylic acids is 1. The van der Waals surface area contributed by atoms with Gasteiger partial charge in [0.25, 0.3) is 0 Å². The van der Waals surface area contributed by atoms with Crippen molar-refractivity contribution in [1.29, 1.82) is 0 Å². The van der Waals surface area contributed by atoms with E-state index in [0.717, 1.165) is 42.6 Å². The maximum absolute atomic E-state index is 12.4. The molecular weight excluding hydrogens is 384 g/mol. The number of aliphatic hydroxyl groups is 1. The van der Waals surface area contributed by atoms with Crippen LogP contribution in [0, 0.1) is 11.8 Å². The number of carbonyl (C=O) groups excluding carboxylic acids is 1. The summed E-state index contributed by atoms with van der Waals surface area (Å²) in [5, 5.41) is 20.6. The summed E-state index contributed by atoms with van der Waals surface area (Å²) in [6.07, 6.45) is 7.35. The van der Waals surface area contributed by atoms with Gasteiger partial charge in [0.1, 0.15) is 0 Å². The van der Waals surface area contributed by atoms with Crippen LogP contribution in [0.15, 0.2) is 42.0 Å². The van der Waals surface area contributed by atoms with E-state index in [-0.39, 0.29) is 24.0 Å². The number of thiophene rings is 1. The lowest BCUT2D eigenvalue weighted by molar-refractivity contribution is -0.137. The van der Waals surface area contributed by atoms with Gasteiger partial charge in [0.15, 0.2) is 5.78 Å². The van der Waals surface area contributed by atoms with Crippen LogP contribution in [0.5, 0.6) is 0 Å². The van der Waals surface area contributed by atoms with Gasteiger partial charge in [-0.15, -0.1) is 11.3 Å². The quantitative estimate of drug-likeness (QED) is 0.449. The second-order valence-corrected chi connectivity index (χ2v) is 9.25. The van der Waals surface area contributed by atoms with Crippen LogP contribution in [-0.4, -0.2) is 22.0 Å². The van der Waals surface area contributed by atoms with Gasteiger partial charge in [0.05, 0.1) is 6.10 Å². The fraction of sp³-hybridized carbons (Fsp3) is 0.500. The summed E-state index contributed by atoms with van der Waals surface area (Å²) in [6.45, 7) is 2.03. The van der Waals surface area contributed by atoms with Gasteiger partial charge in [0, 0.05) is 21.9 Å². The number of benzene rings is 1. The van der Waals surface area contributed by atoms with E-state index in [1.807, 2.05) is 19.1 Å². The maximum Gasteiger partial charge on any atom is 0.303 e. The van der Waals surface area contributed by atoms with Crippen LogP contribution in [0.25, 0.3) is 10.1 Å². The Morgan fingerprint density at radius 2 is 1.86 bits per heavy atom. The maximum atomic E-state index is 12.4. The van der Waals surface area contributed by atoms with E-state index in [2.05, 4.69) is 18.2 Å². The molecule has 0 unspecified atom stereocenters. The first-order valence-corrected chi connectivity index (χ1v) is 11.4. The lowest BCUT2D eigenvalue weighted by atomic mass is 9.83. The van der Waals surface area contributed by atoms with Gasteiger partial charge in [-0.2, -0.15) is 0 Å². The molecule has 0 bridgehead atoms. The molecule has 0 spiro atoms. The predicted octanol–water partition coefficient (Wildman–Crippen LogP) is 5.90. The fourth-order valence-corrected chi connectivity index (χ4v) is 5.45. The lowest BCUT2D eigenvalue weighted by Crippen LogP contribution is -2.18. The standard InChI is InChI=1S/C24H30O4S/c1-16-14-21(26)19(9-4-2-3-5-11-24(27)28)18(16)12-13-20(25)23-15-17-8-6-7-10-22(17)29-23/h6-8,10,14-15,18-20,25H,2-5,9,11-13H2,1H3,(H,27,28)/t18-,19+,20+/m0/s1. The Hall–Kier alpha value is -1.98. The molecule has 0 saturated heterocycles. The van der Waals surface area contributed by atoms with Crippen molar-refractivity contribution in [3.8, 4) is 0 Å². The number of aliphatic carboxylic acids is 1. The number of aliphatic hydroxyl groups excluding tert-OH is 1. The highest BCUT2D eigenvalue weighted by atomic mass is 32.1. The second kappa shape index (κ2) is 10.2. The minimum Gasteiger partial charge on any atom is -0.481 e. The number of hydrogen-bond donors (Lipinski definition) is 2. The minimum atomic E-state index is -0.743. The highest BCUT2D eigenvalue weighted by molar-refractivity contribution is 7.19. The molecule has 5 heteroatoms. The molecule has 1 aromatic heterocycles. The molecule has 0 fully saturated rings. The van der Waals surface area contributed by atoms with Crippen LogP contribution in [0.2, 0.25) is 0 Å². The van der Waals surface area contributed by atoms with Crippen molar-refractivity contribution >= 4 is 33.2 Å². The summed E-state index contributed by atoms with van der Waals surface area (Å²) in [5.74, 6) is -0.294. The Morgan fingerprint density at radius 3 is 2.62 bits per heavy atom. The van der Waals surface area contributed by atoms with E-state index in [1.54, 1.807) is 17.4 Å². The second-order valence-electron chi connectivity index (χ2n) is 8.13. The molecule has 1 heterocycles. The van der Waals surface area contributed by atoms with Gasteiger partial charge in [-0.1, -0.05) is 43.0 Å². The van der Waals surface area contributed by atoms with Crippen molar-refractivity contribution in [2.24, 2.45) is 11.8 Å². The number of allylic oxidation sites excluding steroid dienone is 2. The van der Waals surface area contributed by atoms with Crippen molar-refractivity contribution < 1.29 is 19.8 Å². The normalized spacial score (nSPS) is 20.2. The Labute approximate surface area is 176 Å². The van der Waals surface area contributed by atoms with Crippen LogP contribution in [0.4, 0.5) is 0 Å². The fourth-order valence-electron chi connectivity index (χ4n) is 4.37. The van der Waals surface area contributed by atoms with Crippen molar-refractivity contribution in [3.05, 3.63) is 46.9 Å². The number of carbonyl (C=O) groups is 2. The van der Waals surface area contributed by atoms with Gasteiger partial charge >= 0.3 is 5.97 Å². The molecule has 0 radical (unpaired) electrons. The molecule has 1 aliphatic carbocycles. The molecule has 0 amide bonds. The van der Waals surface area contributed by atoms with Crippen molar-refractivity contribution in [2.75, 3.05) is 0 Å². The van der Waals surface area contributed by atoms with Crippen LogP contribution >= 0.6 is 11.3 Å². The molecule has 0 saturated carbocycles. The first-order chi connectivity index (χ1) is 14.0. The zero-order chi connectivity index (χ0) is 20.8. The molecule has 3 rings (SSSR count). The molecular formula is C24H30O4S. The van der Waals surface area contributed by atoms with Crippen LogP contribution in [0.1, 0.15) is 69.3 Å². The smallest absolute Gasteiger partial charge is 0.303 e. The number of hydrogen-bond acceptors (Lipinski definition) is 4. The predicted molar refractivity (Wildman–Crippen MR) is 117 cm³/mol. The number of carboxylic acid groups (broad SMARTS) is 1. The van der Waals surface area contributed by atoms with E-state index >= 15 is 0 Å². The summed E-state index contributed by atoms with van der Waals surface area (Å²) in [4.78, 5) is 24.0. The first kappa shape index (κ1) is 21.7. The number of ketones is 1. The average molecular weight is 415 g/mol. The number of fused-ring (bicyclic) bond motifs is 1. The van der Waals surface area contributed by atoms with Gasteiger partial charge in [-0.3, -0.25) is 9.59 Å². The molecule has 29 heavy (non-hydrogen) atoms. The summed E-state index contributed by atoms with van der Waals surface area (Å²) in [5.41, 5.74) is 1.13. The Kier molecular flexibility index (Phi) is 7.62. The minimum absolute atomic E-state index is 0.0177. The largest absolute Gasteiger partial charge is 0.481 e. The molecule has 1 aliphatic rings. The molecule has 0 aliphatic heterocycles. The van der Waals surface area contributed by atoms with Crippen molar-refractivity contribution in [1.82, 2.24) is 0 Å². The monoisotopic (exact) mass is 414 g/mol. The SMILES string of the molecule is CC1=CC(=O)[C@H](CCCCCCC(=O)O)[C@H]1CC[C@@H](O)c1cc2ccccc2s1. The van der Waals surface area contributed by atoms with Crippen molar-refractivity contribution in [3.63, 3.8) is 0 Å². The van der Waals surface area contributed by atoms with E-state index in [1.165, 1.54) is 10.1 Å². The zero-order valence-electron chi connectivity index (χ0n) is 17.0. The van der Waals surface area contributed by atoms with Gasteiger partial charge < -0.3 is 10.2 Å². The van der Waals surface area contributed by atoms with Gasteiger partial charge in [-0.25, -0.2) is 0 Å². The lowest BCUT2D eigenvalue weighted by Gasteiger charge is -2.22. The molecule has 1 aromatic carbocycles. The van der Waals surface area contributed by atoms with E-state index < -0.39 is 12.1 Å². The van der Waals surface area contributed by atoms with E-state index in [9.17, 15) is 14.7 Å². The van der Waals surface area contributed by atoms with Crippen LogP contribution in [-0.2, 0) is 9.59 Å². The molecule has 156 valence electrons. The Balaban J connectivity index is 1.50.